The Hall–Kier alpha value is -0.730. The molecular weight excluding hydrogens is 200 g/mol. The molecule has 1 saturated heterocycles. The van der Waals surface area contributed by atoms with E-state index in [9.17, 15) is 4.79 Å². The van der Waals surface area contributed by atoms with Gasteiger partial charge in [0.25, 0.3) is 0 Å². The van der Waals surface area contributed by atoms with Gasteiger partial charge in [0.1, 0.15) is 0 Å². The summed E-state index contributed by atoms with van der Waals surface area (Å²) in [4.78, 5) is 14.0. The topological polar surface area (TPSA) is 32.3 Å². The SMILES string of the molecule is O=C1NCCN1C1C2CC3CC(C2)CC1C3. The number of carbonyl (C=O) groups is 1. The fraction of sp³-hybridized carbons (Fsp3) is 0.923. The van der Waals surface area contributed by atoms with Gasteiger partial charge in [0, 0.05) is 19.1 Å². The van der Waals surface area contributed by atoms with E-state index < -0.39 is 0 Å². The van der Waals surface area contributed by atoms with Gasteiger partial charge in [-0.25, -0.2) is 4.79 Å². The van der Waals surface area contributed by atoms with Crippen molar-refractivity contribution in [3.8, 4) is 0 Å². The van der Waals surface area contributed by atoms with Crippen LogP contribution in [0.2, 0.25) is 0 Å². The second-order valence-corrected chi connectivity index (χ2v) is 6.35. The summed E-state index contributed by atoms with van der Waals surface area (Å²) in [5.41, 5.74) is 0. The summed E-state index contributed by atoms with van der Waals surface area (Å²) in [6.45, 7) is 1.81. The van der Waals surface area contributed by atoms with Gasteiger partial charge in [0.2, 0.25) is 0 Å². The summed E-state index contributed by atoms with van der Waals surface area (Å²) in [7, 11) is 0. The summed E-state index contributed by atoms with van der Waals surface area (Å²) in [6, 6.07) is 0.799. The van der Waals surface area contributed by atoms with E-state index in [0.29, 0.717) is 6.04 Å². The lowest BCUT2D eigenvalue weighted by molar-refractivity contribution is -0.0463. The van der Waals surface area contributed by atoms with Gasteiger partial charge in [0.05, 0.1) is 0 Å². The molecule has 4 bridgehead atoms. The van der Waals surface area contributed by atoms with Crippen LogP contribution in [-0.2, 0) is 0 Å². The van der Waals surface area contributed by atoms with E-state index in [1.807, 2.05) is 0 Å². The highest BCUT2D eigenvalue weighted by molar-refractivity contribution is 5.76. The Morgan fingerprint density at radius 3 is 2.12 bits per heavy atom. The van der Waals surface area contributed by atoms with Crippen LogP contribution in [0.3, 0.4) is 0 Å². The lowest BCUT2D eigenvalue weighted by Gasteiger charge is -2.56. The number of nitrogens with zero attached hydrogens (tertiary/aromatic N) is 1. The zero-order valence-corrected chi connectivity index (χ0v) is 9.69. The average molecular weight is 220 g/mol. The first-order chi connectivity index (χ1) is 7.81. The smallest absolute Gasteiger partial charge is 0.317 e. The molecule has 3 heteroatoms. The van der Waals surface area contributed by atoms with Crippen molar-refractivity contribution in [1.82, 2.24) is 10.2 Å². The molecule has 0 spiro atoms. The van der Waals surface area contributed by atoms with Gasteiger partial charge in [-0.2, -0.15) is 0 Å². The molecule has 0 unspecified atom stereocenters. The molecule has 5 rings (SSSR count). The molecule has 1 aliphatic heterocycles. The fourth-order valence-corrected chi connectivity index (χ4v) is 5.18. The average Bonchev–Trinajstić information content (AvgIpc) is 2.63. The van der Waals surface area contributed by atoms with Crippen molar-refractivity contribution in [1.29, 1.82) is 0 Å². The van der Waals surface area contributed by atoms with Gasteiger partial charge in [-0.1, -0.05) is 0 Å². The Morgan fingerprint density at radius 2 is 1.62 bits per heavy atom. The van der Waals surface area contributed by atoms with Crippen LogP contribution in [0.1, 0.15) is 32.1 Å². The summed E-state index contributed by atoms with van der Waals surface area (Å²) >= 11 is 0. The highest BCUT2D eigenvalue weighted by Gasteiger charge is 2.51. The molecule has 0 atom stereocenters. The first kappa shape index (κ1) is 9.32. The van der Waals surface area contributed by atoms with Gasteiger partial charge >= 0.3 is 6.03 Å². The molecule has 2 amide bonds. The van der Waals surface area contributed by atoms with Crippen LogP contribution in [0, 0.1) is 23.7 Å². The molecule has 1 heterocycles. The van der Waals surface area contributed by atoms with E-state index in [1.165, 1.54) is 32.1 Å². The van der Waals surface area contributed by atoms with Crippen LogP contribution < -0.4 is 5.32 Å². The molecule has 5 aliphatic rings. The number of hydrogen-bond donors (Lipinski definition) is 1. The molecule has 3 nitrogen and oxygen atoms in total. The number of urea groups is 1. The van der Waals surface area contributed by atoms with Gasteiger partial charge < -0.3 is 10.2 Å². The molecule has 4 aliphatic carbocycles. The minimum Gasteiger partial charge on any atom is -0.336 e. The number of hydrogen-bond acceptors (Lipinski definition) is 1. The Bertz CT molecular complexity index is 300. The first-order valence-electron chi connectivity index (χ1n) is 6.85. The minimum atomic E-state index is 0.206. The van der Waals surface area contributed by atoms with Crippen LogP contribution >= 0.6 is 0 Å². The third kappa shape index (κ3) is 1.17. The number of rotatable bonds is 1. The van der Waals surface area contributed by atoms with Crippen molar-refractivity contribution in [2.75, 3.05) is 13.1 Å². The molecule has 0 aromatic rings. The Morgan fingerprint density at radius 1 is 1.00 bits per heavy atom. The Balaban J connectivity index is 1.62. The number of nitrogens with one attached hydrogen (secondary N) is 1. The van der Waals surface area contributed by atoms with E-state index in [2.05, 4.69) is 10.2 Å². The maximum atomic E-state index is 11.8. The largest absolute Gasteiger partial charge is 0.336 e. The van der Waals surface area contributed by atoms with Gasteiger partial charge in [-0.05, 0) is 55.8 Å². The molecule has 16 heavy (non-hydrogen) atoms. The van der Waals surface area contributed by atoms with Crippen molar-refractivity contribution >= 4 is 6.03 Å². The first-order valence-corrected chi connectivity index (χ1v) is 6.85. The van der Waals surface area contributed by atoms with Crippen molar-refractivity contribution < 1.29 is 4.79 Å². The van der Waals surface area contributed by atoms with E-state index in [1.54, 1.807) is 0 Å². The molecule has 0 radical (unpaired) electrons. The third-order valence-corrected chi connectivity index (χ3v) is 5.43. The molecule has 0 aromatic carbocycles. The molecule has 5 fully saturated rings. The van der Waals surface area contributed by atoms with Crippen LogP contribution in [0.5, 0.6) is 0 Å². The predicted molar refractivity (Wildman–Crippen MR) is 60.9 cm³/mol. The number of amides is 2. The van der Waals surface area contributed by atoms with Crippen LogP contribution in [0.4, 0.5) is 4.79 Å². The van der Waals surface area contributed by atoms with E-state index in [4.69, 9.17) is 0 Å². The quantitative estimate of drug-likeness (QED) is 0.718. The van der Waals surface area contributed by atoms with E-state index in [0.717, 1.165) is 36.8 Å². The third-order valence-electron chi connectivity index (χ3n) is 5.43. The molecular formula is C13H20N2O. The highest BCUT2D eigenvalue weighted by Crippen LogP contribution is 2.55. The normalized spacial score (nSPS) is 49.9. The van der Waals surface area contributed by atoms with Crippen molar-refractivity contribution in [2.24, 2.45) is 23.7 Å². The minimum absolute atomic E-state index is 0.206. The van der Waals surface area contributed by atoms with Crippen molar-refractivity contribution in [2.45, 2.75) is 38.1 Å². The maximum Gasteiger partial charge on any atom is 0.317 e. The van der Waals surface area contributed by atoms with Crippen LogP contribution in [-0.4, -0.2) is 30.1 Å². The van der Waals surface area contributed by atoms with Gasteiger partial charge in [-0.15, -0.1) is 0 Å². The predicted octanol–water partition coefficient (Wildman–Crippen LogP) is 1.84. The zero-order chi connectivity index (χ0) is 10.7. The second kappa shape index (κ2) is 3.14. The van der Waals surface area contributed by atoms with Crippen LogP contribution in [0.25, 0.3) is 0 Å². The Kier molecular flexibility index (Phi) is 1.83. The van der Waals surface area contributed by atoms with Crippen LogP contribution in [0.15, 0.2) is 0 Å². The summed E-state index contributed by atoms with van der Waals surface area (Å²) < 4.78 is 0. The summed E-state index contributed by atoms with van der Waals surface area (Å²) in [5, 5.41) is 2.97. The Labute approximate surface area is 96.6 Å². The van der Waals surface area contributed by atoms with E-state index >= 15 is 0 Å². The lowest BCUT2D eigenvalue weighted by atomic mass is 9.54. The summed E-state index contributed by atoms with van der Waals surface area (Å²) in [5.74, 6) is 3.68. The van der Waals surface area contributed by atoms with Crippen molar-refractivity contribution in [3.63, 3.8) is 0 Å². The second-order valence-electron chi connectivity index (χ2n) is 6.35. The summed E-state index contributed by atoms with van der Waals surface area (Å²) in [6.07, 6.45) is 7.11. The number of carbonyl (C=O) groups excluding carboxylic acids is 1. The zero-order valence-electron chi connectivity index (χ0n) is 9.69. The monoisotopic (exact) mass is 220 g/mol. The molecule has 1 N–H and O–H groups in total. The van der Waals surface area contributed by atoms with Gasteiger partial charge in [-0.3, -0.25) is 0 Å². The molecule has 4 saturated carbocycles. The van der Waals surface area contributed by atoms with Crippen molar-refractivity contribution in [3.05, 3.63) is 0 Å². The molecule has 88 valence electrons. The highest BCUT2D eigenvalue weighted by atomic mass is 16.2. The molecule has 0 aromatic heterocycles. The lowest BCUT2D eigenvalue weighted by Crippen LogP contribution is -2.56. The fourth-order valence-electron chi connectivity index (χ4n) is 5.18. The maximum absolute atomic E-state index is 11.8. The standard InChI is InChI=1S/C13H20N2O/c16-13-14-1-2-15(13)12-10-4-8-3-9(6-10)7-11(12)5-8/h8-12H,1-7H2,(H,14,16). The van der Waals surface area contributed by atoms with Gasteiger partial charge in [0.15, 0.2) is 0 Å². The van der Waals surface area contributed by atoms with E-state index in [-0.39, 0.29) is 6.03 Å².